The van der Waals surface area contributed by atoms with Gasteiger partial charge in [0, 0.05) is 16.6 Å². The predicted octanol–water partition coefficient (Wildman–Crippen LogP) is 4.24. The third kappa shape index (κ3) is 2.28. The molecule has 1 unspecified atom stereocenters. The van der Waals surface area contributed by atoms with Gasteiger partial charge in [0.2, 0.25) is 0 Å². The fourth-order valence-corrected chi connectivity index (χ4v) is 2.62. The number of aromatic nitrogens is 1. The van der Waals surface area contributed by atoms with Gasteiger partial charge in [-0.25, -0.2) is 0 Å². The maximum atomic E-state index is 6.37. The average molecular weight is 283 g/mol. The Balaban J connectivity index is 2.08. The van der Waals surface area contributed by atoms with Crippen molar-refractivity contribution in [2.24, 2.45) is 5.73 Å². The Morgan fingerprint density at radius 1 is 1.10 bits per heavy atom. The summed E-state index contributed by atoms with van der Waals surface area (Å²) in [4.78, 5) is 4.32. The summed E-state index contributed by atoms with van der Waals surface area (Å²) in [5, 5.41) is 1.83. The van der Waals surface area contributed by atoms with E-state index in [2.05, 4.69) is 11.1 Å². The molecule has 0 saturated heterocycles. The highest BCUT2D eigenvalue weighted by atomic mass is 35.5. The molecule has 3 rings (SSSR count). The number of nitrogens with two attached hydrogens (primary N) is 1. The molecule has 2 nitrogen and oxygen atoms in total. The first kappa shape index (κ1) is 13.1. The Labute approximate surface area is 123 Å². The second kappa shape index (κ2) is 5.23. The molecule has 0 bridgehead atoms. The van der Waals surface area contributed by atoms with Crippen LogP contribution in [0.1, 0.15) is 22.7 Å². The summed E-state index contributed by atoms with van der Waals surface area (Å²) < 4.78 is 0. The zero-order valence-electron chi connectivity index (χ0n) is 11.2. The first-order valence-electron chi connectivity index (χ1n) is 6.52. The number of pyridine rings is 1. The molecule has 2 N–H and O–H groups in total. The normalized spacial score (nSPS) is 12.6. The molecule has 2 aromatic carbocycles. The van der Waals surface area contributed by atoms with Gasteiger partial charge >= 0.3 is 0 Å². The van der Waals surface area contributed by atoms with E-state index in [4.69, 9.17) is 17.3 Å². The average Bonchev–Trinajstić information content (AvgIpc) is 2.49. The van der Waals surface area contributed by atoms with E-state index < -0.39 is 0 Å². The van der Waals surface area contributed by atoms with Crippen molar-refractivity contribution in [1.82, 2.24) is 4.98 Å². The molecular weight excluding hydrogens is 268 g/mol. The fraction of sp³-hybridized carbons (Fsp3) is 0.118. The van der Waals surface area contributed by atoms with Gasteiger partial charge in [-0.2, -0.15) is 0 Å². The Morgan fingerprint density at radius 3 is 2.80 bits per heavy atom. The molecule has 0 aliphatic heterocycles. The molecule has 0 spiro atoms. The van der Waals surface area contributed by atoms with Crippen LogP contribution in [0.25, 0.3) is 10.9 Å². The lowest BCUT2D eigenvalue weighted by Crippen LogP contribution is -2.12. The van der Waals surface area contributed by atoms with Crippen LogP contribution in [0.2, 0.25) is 5.02 Å². The second-order valence-electron chi connectivity index (χ2n) is 4.91. The number of aryl methyl sites for hydroxylation is 1. The molecule has 0 aliphatic rings. The lowest BCUT2D eigenvalue weighted by molar-refractivity contribution is 0.872. The second-order valence-corrected chi connectivity index (χ2v) is 5.29. The van der Waals surface area contributed by atoms with Crippen molar-refractivity contribution in [3.63, 3.8) is 0 Å². The maximum Gasteiger partial charge on any atom is 0.0702 e. The topological polar surface area (TPSA) is 38.9 Å². The minimum atomic E-state index is -0.230. The summed E-state index contributed by atoms with van der Waals surface area (Å²) in [5.41, 5.74) is 10.4. The van der Waals surface area contributed by atoms with Crippen molar-refractivity contribution in [2.45, 2.75) is 13.0 Å². The van der Waals surface area contributed by atoms with Crippen molar-refractivity contribution in [2.75, 3.05) is 0 Å². The molecule has 20 heavy (non-hydrogen) atoms. The number of rotatable bonds is 2. The monoisotopic (exact) mass is 282 g/mol. The Hall–Kier alpha value is -1.90. The third-order valence-corrected chi connectivity index (χ3v) is 4.06. The van der Waals surface area contributed by atoms with Crippen molar-refractivity contribution in [1.29, 1.82) is 0 Å². The van der Waals surface area contributed by atoms with Crippen molar-refractivity contribution in [3.8, 4) is 0 Å². The van der Waals surface area contributed by atoms with E-state index in [0.29, 0.717) is 0 Å². The van der Waals surface area contributed by atoms with E-state index in [1.165, 1.54) is 0 Å². The lowest BCUT2D eigenvalue weighted by atomic mass is 9.97. The summed E-state index contributed by atoms with van der Waals surface area (Å²) in [6.45, 7) is 1.99. The summed E-state index contributed by atoms with van der Waals surface area (Å²) in [5.74, 6) is 0. The van der Waals surface area contributed by atoms with Gasteiger partial charge in [-0.15, -0.1) is 0 Å². The number of hydrogen-bond acceptors (Lipinski definition) is 2. The minimum absolute atomic E-state index is 0.230. The highest BCUT2D eigenvalue weighted by molar-refractivity contribution is 6.32. The molecule has 1 heterocycles. The molecule has 3 heteroatoms. The number of nitrogens with zero attached hydrogens (tertiary/aromatic N) is 1. The summed E-state index contributed by atoms with van der Waals surface area (Å²) in [6.07, 6.45) is 1.79. The van der Waals surface area contributed by atoms with Gasteiger partial charge in [-0.1, -0.05) is 41.9 Å². The number of halogens is 1. The van der Waals surface area contributed by atoms with Crippen LogP contribution in [-0.2, 0) is 0 Å². The molecule has 0 aliphatic carbocycles. The maximum absolute atomic E-state index is 6.37. The van der Waals surface area contributed by atoms with Gasteiger partial charge in [0.1, 0.15) is 0 Å². The van der Waals surface area contributed by atoms with Crippen LogP contribution in [0.3, 0.4) is 0 Å². The molecule has 3 aromatic rings. The van der Waals surface area contributed by atoms with E-state index >= 15 is 0 Å². The molecule has 1 atom stereocenters. The van der Waals surface area contributed by atoms with E-state index in [-0.39, 0.29) is 6.04 Å². The Kier molecular flexibility index (Phi) is 3.43. The first-order chi connectivity index (χ1) is 9.66. The van der Waals surface area contributed by atoms with Gasteiger partial charge in [0.05, 0.1) is 11.6 Å². The third-order valence-electron chi connectivity index (χ3n) is 3.54. The van der Waals surface area contributed by atoms with Gasteiger partial charge < -0.3 is 5.73 Å². The van der Waals surface area contributed by atoms with Crippen molar-refractivity contribution >= 4 is 22.5 Å². The number of fused-ring (bicyclic) bond motifs is 1. The zero-order chi connectivity index (χ0) is 14.1. The lowest BCUT2D eigenvalue weighted by Gasteiger charge is -2.16. The van der Waals surface area contributed by atoms with Crippen LogP contribution < -0.4 is 5.73 Å². The smallest absolute Gasteiger partial charge is 0.0702 e. The standard InChI is InChI=1S/C17H15ClN2/c1-11-4-2-6-14(16(11)18)17(19)13-7-8-15-12(10-13)5-3-9-20-15/h2-10,17H,19H2,1H3. The molecular formula is C17H15ClN2. The zero-order valence-corrected chi connectivity index (χ0v) is 11.9. The molecule has 0 saturated carbocycles. The first-order valence-corrected chi connectivity index (χ1v) is 6.90. The van der Waals surface area contributed by atoms with Crippen LogP contribution in [0.4, 0.5) is 0 Å². The van der Waals surface area contributed by atoms with Crippen LogP contribution in [0, 0.1) is 6.92 Å². The molecule has 1 aromatic heterocycles. The van der Waals surface area contributed by atoms with Gasteiger partial charge in [-0.05, 0) is 41.8 Å². The number of benzene rings is 2. The van der Waals surface area contributed by atoms with Crippen molar-refractivity contribution in [3.05, 3.63) is 76.4 Å². The van der Waals surface area contributed by atoms with Crippen LogP contribution >= 0.6 is 11.6 Å². The minimum Gasteiger partial charge on any atom is -0.320 e. The largest absolute Gasteiger partial charge is 0.320 e. The summed E-state index contributed by atoms with van der Waals surface area (Å²) in [7, 11) is 0. The van der Waals surface area contributed by atoms with Crippen LogP contribution in [0.5, 0.6) is 0 Å². The summed E-state index contributed by atoms with van der Waals surface area (Å²) >= 11 is 6.36. The van der Waals surface area contributed by atoms with Crippen molar-refractivity contribution < 1.29 is 0 Å². The van der Waals surface area contributed by atoms with E-state index in [1.54, 1.807) is 6.20 Å². The summed E-state index contributed by atoms with van der Waals surface area (Å²) in [6, 6.07) is 15.8. The SMILES string of the molecule is Cc1cccc(C(N)c2ccc3ncccc3c2)c1Cl. The number of hydrogen-bond donors (Lipinski definition) is 1. The quantitative estimate of drug-likeness (QED) is 0.763. The molecule has 100 valence electrons. The molecule has 0 radical (unpaired) electrons. The van der Waals surface area contributed by atoms with E-state index in [1.807, 2.05) is 49.4 Å². The van der Waals surface area contributed by atoms with Gasteiger partial charge in [-0.3, -0.25) is 4.98 Å². The van der Waals surface area contributed by atoms with Crippen LogP contribution in [0.15, 0.2) is 54.7 Å². The van der Waals surface area contributed by atoms with E-state index in [9.17, 15) is 0 Å². The predicted molar refractivity (Wildman–Crippen MR) is 84.0 cm³/mol. The highest BCUT2D eigenvalue weighted by Crippen LogP contribution is 2.29. The van der Waals surface area contributed by atoms with Gasteiger partial charge in [0.25, 0.3) is 0 Å². The molecule has 0 amide bonds. The fourth-order valence-electron chi connectivity index (χ4n) is 2.38. The molecule has 0 fully saturated rings. The Bertz CT molecular complexity index is 768. The van der Waals surface area contributed by atoms with E-state index in [0.717, 1.165) is 32.6 Å². The Morgan fingerprint density at radius 2 is 1.95 bits per heavy atom. The van der Waals surface area contributed by atoms with Gasteiger partial charge in [0.15, 0.2) is 0 Å². The van der Waals surface area contributed by atoms with Crippen LogP contribution in [-0.4, -0.2) is 4.98 Å². The highest BCUT2D eigenvalue weighted by Gasteiger charge is 2.14.